The number of methoxy groups -OCH3 is 2. The third kappa shape index (κ3) is 4.52. The van der Waals surface area contributed by atoms with Crippen LogP contribution in [0.4, 0.5) is 0 Å². The van der Waals surface area contributed by atoms with Gasteiger partial charge in [-0.1, -0.05) is 17.4 Å². The van der Waals surface area contributed by atoms with Gasteiger partial charge in [0.25, 0.3) is 5.91 Å². The molecule has 0 unspecified atom stereocenters. The number of carbonyl (C=O) groups is 1. The predicted octanol–water partition coefficient (Wildman–Crippen LogP) is 4.11. The zero-order chi connectivity index (χ0) is 21.0. The minimum absolute atomic E-state index is 0.351. The first-order chi connectivity index (χ1) is 14.0. The lowest BCUT2D eigenvalue weighted by molar-refractivity contribution is 0.0993. The molecule has 3 rings (SSSR count). The van der Waals surface area contributed by atoms with Crippen LogP contribution < -0.4 is 14.3 Å². The van der Waals surface area contributed by atoms with Crippen LogP contribution in [0.25, 0.3) is 10.2 Å². The largest absolute Gasteiger partial charge is 0.497 e. The van der Waals surface area contributed by atoms with Crippen LogP contribution in [0.3, 0.4) is 0 Å². The van der Waals surface area contributed by atoms with Crippen molar-refractivity contribution in [2.24, 2.45) is 4.99 Å². The molecule has 0 aliphatic carbocycles. The zero-order valence-electron chi connectivity index (χ0n) is 17.4. The van der Waals surface area contributed by atoms with E-state index < -0.39 is 0 Å². The van der Waals surface area contributed by atoms with E-state index in [1.54, 1.807) is 25.3 Å². The summed E-state index contributed by atoms with van der Waals surface area (Å²) < 4.78 is 19.3. The summed E-state index contributed by atoms with van der Waals surface area (Å²) in [6.45, 7) is 7.95. The normalized spacial score (nSPS) is 11.8. The summed E-state index contributed by atoms with van der Waals surface area (Å²) in [4.78, 5) is 18.1. The summed E-state index contributed by atoms with van der Waals surface area (Å²) in [7, 11) is 3.10. The number of nitrogens with zero attached hydrogens (tertiary/aromatic N) is 2. The van der Waals surface area contributed by atoms with Crippen molar-refractivity contribution in [3.63, 3.8) is 0 Å². The molecule has 1 heterocycles. The van der Waals surface area contributed by atoms with Crippen LogP contribution in [0.5, 0.6) is 11.5 Å². The molecule has 0 bridgehead atoms. The number of benzene rings is 2. The van der Waals surface area contributed by atoms with Crippen molar-refractivity contribution in [3.8, 4) is 11.5 Å². The van der Waals surface area contributed by atoms with Crippen molar-refractivity contribution in [2.45, 2.75) is 27.3 Å². The van der Waals surface area contributed by atoms with Gasteiger partial charge in [0.1, 0.15) is 11.5 Å². The number of rotatable bonds is 7. The van der Waals surface area contributed by atoms with Crippen molar-refractivity contribution in [1.82, 2.24) is 4.57 Å². The number of aryl methyl sites for hydroxylation is 2. The monoisotopic (exact) mass is 414 g/mol. The molecule has 0 aliphatic heterocycles. The average molecular weight is 415 g/mol. The number of thiazole rings is 1. The second-order valence-corrected chi connectivity index (χ2v) is 7.62. The van der Waals surface area contributed by atoms with Gasteiger partial charge in [0.05, 0.1) is 36.6 Å². The lowest BCUT2D eigenvalue weighted by Gasteiger charge is -2.08. The molecule has 0 saturated carbocycles. The fourth-order valence-corrected chi connectivity index (χ4v) is 4.34. The van der Waals surface area contributed by atoms with Gasteiger partial charge in [-0.2, -0.15) is 4.99 Å². The molecule has 2 aromatic carbocycles. The lowest BCUT2D eigenvalue weighted by atomic mass is 10.1. The topological polar surface area (TPSA) is 62.1 Å². The van der Waals surface area contributed by atoms with Crippen LogP contribution >= 0.6 is 11.3 Å². The fraction of sp³-hybridized carbons (Fsp3) is 0.364. The second kappa shape index (κ2) is 9.24. The van der Waals surface area contributed by atoms with E-state index in [0.717, 1.165) is 10.2 Å². The summed E-state index contributed by atoms with van der Waals surface area (Å²) in [5.41, 5.74) is 3.81. The number of ether oxygens (including phenoxy) is 3. The Hall–Kier alpha value is -2.64. The molecule has 0 N–H and O–H groups in total. The Morgan fingerprint density at radius 2 is 1.93 bits per heavy atom. The summed E-state index contributed by atoms with van der Waals surface area (Å²) in [6, 6.07) is 9.36. The first-order valence-corrected chi connectivity index (χ1v) is 10.3. The zero-order valence-corrected chi connectivity index (χ0v) is 18.3. The maximum Gasteiger partial charge on any atom is 0.283 e. The van der Waals surface area contributed by atoms with E-state index in [0.29, 0.717) is 41.6 Å². The van der Waals surface area contributed by atoms with Crippen LogP contribution in [-0.4, -0.2) is 37.9 Å². The first-order valence-electron chi connectivity index (χ1n) is 9.47. The highest BCUT2D eigenvalue weighted by Gasteiger charge is 2.15. The van der Waals surface area contributed by atoms with Crippen LogP contribution in [0, 0.1) is 13.8 Å². The van der Waals surface area contributed by atoms with Crippen molar-refractivity contribution in [2.75, 3.05) is 27.4 Å². The Kier molecular flexibility index (Phi) is 6.71. The molecule has 0 aliphatic rings. The van der Waals surface area contributed by atoms with Crippen LogP contribution in [0.2, 0.25) is 0 Å². The SMILES string of the molecule is CCOCCn1c(=NC(=O)c2ccc(OC)cc2OC)sc2c(C)cc(C)cc21. The Morgan fingerprint density at radius 3 is 2.62 bits per heavy atom. The van der Waals surface area contributed by atoms with E-state index in [1.165, 1.54) is 29.6 Å². The third-order valence-electron chi connectivity index (χ3n) is 4.61. The average Bonchev–Trinajstić information content (AvgIpc) is 3.05. The van der Waals surface area contributed by atoms with E-state index in [1.807, 2.05) is 6.92 Å². The Labute approximate surface area is 174 Å². The summed E-state index contributed by atoms with van der Waals surface area (Å²) >= 11 is 1.52. The molecule has 0 fully saturated rings. The van der Waals surface area contributed by atoms with Crippen molar-refractivity contribution in [3.05, 3.63) is 51.8 Å². The second-order valence-electron chi connectivity index (χ2n) is 6.65. The van der Waals surface area contributed by atoms with Gasteiger partial charge < -0.3 is 18.8 Å². The van der Waals surface area contributed by atoms with Gasteiger partial charge in [-0.05, 0) is 50.1 Å². The van der Waals surface area contributed by atoms with Crippen molar-refractivity contribution in [1.29, 1.82) is 0 Å². The molecule has 154 valence electrons. The van der Waals surface area contributed by atoms with Gasteiger partial charge in [0.2, 0.25) is 0 Å². The Bertz CT molecular complexity index is 1100. The van der Waals surface area contributed by atoms with E-state index in [9.17, 15) is 4.79 Å². The molecule has 0 spiro atoms. The van der Waals surface area contributed by atoms with Gasteiger partial charge in [-0.25, -0.2) is 0 Å². The number of carbonyl (C=O) groups excluding carboxylic acids is 1. The molecule has 3 aromatic rings. The molecule has 0 atom stereocenters. The molecular formula is C22H26N2O4S. The quantitative estimate of drug-likeness (QED) is 0.546. The number of fused-ring (bicyclic) bond motifs is 1. The van der Waals surface area contributed by atoms with Gasteiger partial charge in [0.15, 0.2) is 4.80 Å². The van der Waals surface area contributed by atoms with Gasteiger partial charge in [-0.15, -0.1) is 0 Å². The van der Waals surface area contributed by atoms with Gasteiger partial charge >= 0.3 is 0 Å². The number of hydrogen-bond donors (Lipinski definition) is 0. The lowest BCUT2D eigenvalue weighted by Crippen LogP contribution is -2.20. The highest BCUT2D eigenvalue weighted by Crippen LogP contribution is 2.26. The molecule has 1 aromatic heterocycles. The molecular weight excluding hydrogens is 388 g/mol. The minimum atomic E-state index is -0.351. The molecule has 1 amide bonds. The van der Waals surface area contributed by atoms with E-state index in [4.69, 9.17) is 14.2 Å². The third-order valence-corrected chi connectivity index (χ3v) is 5.84. The van der Waals surface area contributed by atoms with Crippen LogP contribution in [0.15, 0.2) is 35.3 Å². The van der Waals surface area contributed by atoms with E-state index in [-0.39, 0.29) is 5.91 Å². The number of amides is 1. The molecule has 0 saturated heterocycles. The van der Waals surface area contributed by atoms with Crippen LogP contribution in [0.1, 0.15) is 28.4 Å². The number of aromatic nitrogens is 1. The van der Waals surface area contributed by atoms with Crippen LogP contribution in [-0.2, 0) is 11.3 Å². The summed E-state index contributed by atoms with van der Waals surface area (Å²) in [5.74, 6) is 0.709. The maximum atomic E-state index is 13.0. The molecule has 7 heteroatoms. The van der Waals surface area contributed by atoms with Crippen molar-refractivity contribution < 1.29 is 19.0 Å². The minimum Gasteiger partial charge on any atom is -0.497 e. The smallest absolute Gasteiger partial charge is 0.283 e. The first kappa shape index (κ1) is 21.1. The van der Waals surface area contributed by atoms with E-state index in [2.05, 4.69) is 35.5 Å². The maximum absolute atomic E-state index is 13.0. The number of hydrogen-bond acceptors (Lipinski definition) is 5. The van der Waals surface area contributed by atoms with E-state index >= 15 is 0 Å². The predicted molar refractivity (Wildman–Crippen MR) is 115 cm³/mol. The van der Waals surface area contributed by atoms with Crippen molar-refractivity contribution >= 4 is 27.5 Å². The van der Waals surface area contributed by atoms with Gasteiger partial charge in [0, 0.05) is 19.2 Å². The fourth-order valence-electron chi connectivity index (χ4n) is 3.24. The molecule has 29 heavy (non-hydrogen) atoms. The summed E-state index contributed by atoms with van der Waals surface area (Å²) in [6.07, 6.45) is 0. The standard InChI is InChI=1S/C22H26N2O4S/c1-6-28-10-9-24-18-12-14(2)11-15(3)20(18)29-22(24)23-21(25)17-8-7-16(26-4)13-19(17)27-5/h7-8,11-13H,6,9-10H2,1-5H3. The highest BCUT2D eigenvalue weighted by atomic mass is 32.1. The molecule has 0 radical (unpaired) electrons. The molecule has 6 nitrogen and oxygen atoms in total. The van der Waals surface area contributed by atoms with Gasteiger partial charge in [-0.3, -0.25) is 4.79 Å². The summed E-state index contributed by atoms with van der Waals surface area (Å²) in [5, 5.41) is 0. The highest BCUT2D eigenvalue weighted by molar-refractivity contribution is 7.16. The Balaban J connectivity index is 2.12. The Morgan fingerprint density at radius 1 is 1.14 bits per heavy atom.